The van der Waals surface area contributed by atoms with Gasteiger partial charge in [-0.3, -0.25) is 0 Å². The molecule has 1 heteroatoms. The van der Waals surface area contributed by atoms with Crippen molar-refractivity contribution in [2.45, 2.75) is 22.6 Å². The third kappa shape index (κ3) is 2.32. The Balaban J connectivity index is 1.56. The molecular formula is C26H18S. The van der Waals surface area contributed by atoms with Gasteiger partial charge in [-0.1, -0.05) is 84.6 Å². The summed E-state index contributed by atoms with van der Waals surface area (Å²) in [6, 6.07) is 22.5. The zero-order valence-corrected chi connectivity index (χ0v) is 15.7. The molecule has 0 nitrogen and oxygen atoms in total. The Morgan fingerprint density at radius 2 is 1.07 bits per heavy atom. The first kappa shape index (κ1) is 15.3. The van der Waals surface area contributed by atoms with Crippen LogP contribution < -0.4 is 0 Å². The summed E-state index contributed by atoms with van der Waals surface area (Å²) in [5.41, 5.74) is 5.63. The standard InChI is InChI=1S/C26H18S/c1-5-17-9-3-11-21-23(15-13-19(7-1)25(17)21)27-24-16-14-20-8-2-6-18-10-4-12-22(24)26(18)20/h1-8,11-16H,9-10H2. The highest BCUT2D eigenvalue weighted by molar-refractivity contribution is 7.99. The summed E-state index contributed by atoms with van der Waals surface area (Å²) in [4.78, 5) is 2.69. The maximum absolute atomic E-state index is 2.31. The van der Waals surface area contributed by atoms with Gasteiger partial charge in [0.2, 0.25) is 0 Å². The topological polar surface area (TPSA) is 0 Å². The van der Waals surface area contributed by atoms with E-state index in [0.717, 1.165) is 12.8 Å². The second-order valence-corrected chi connectivity index (χ2v) is 8.38. The van der Waals surface area contributed by atoms with Crippen LogP contribution in [0, 0.1) is 0 Å². The van der Waals surface area contributed by atoms with Gasteiger partial charge in [0.25, 0.3) is 0 Å². The van der Waals surface area contributed by atoms with Crippen LogP contribution in [0.5, 0.6) is 0 Å². The molecule has 0 fully saturated rings. The SMILES string of the molecule is C1=Cc2c(Sc3ccc4cccc5c4c3C=CC5)ccc3cccc(c23)C1. The largest absolute Gasteiger partial charge is 0.0888 e. The maximum atomic E-state index is 2.31. The first-order valence-electron chi connectivity index (χ1n) is 9.49. The molecule has 0 saturated carbocycles. The third-order valence-corrected chi connectivity index (χ3v) is 6.88. The van der Waals surface area contributed by atoms with E-state index in [2.05, 4.69) is 85.0 Å². The molecule has 0 aromatic heterocycles. The molecule has 2 aliphatic rings. The Labute approximate surface area is 163 Å². The molecule has 0 heterocycles. The van der Waals surface area contributed by atoms with Crippen molar-refractivity contribution in [3.63, 3.8) is 0 Å². The molecule has 0 radical (unpaired) electrons. The molecule has 0 atom stereocenters. The Morgan fingerprint density at radius 1 is 0.556 bits per heavy atom. The van der Waals surface area contributed by atoms with E-state index in [0.29, 0.717) is 0 Å². The molecule has 4 aromatic carbocycles. The summed E-state index contributed by atoms with van der Waals surface area (Å²) in [7, 11) is 0. The molecule has 0 amide bonds. The average molecular weight is 362 g/mol. The number of hydrogen-bond acceptors (Lipinski definition) is 1. The smallest absolute Gasteiger partial charge is 0.0201 e. The van der Waals surface area contributed by atoms with Gasteiger partial charge in [-0.25, -0.2) is 0 Å². The van der Waals surface area contributed by atoms with Crippen LogP contribution in [-0.4, -0.2) is 0 Å². The summed E-state index contributed by atoms with van der Waals surface area (Å²) in [5, 5.41) is 5.54. The second-order valence-electron chi connectivity index (χ2n) is 7.30. The molecule has 0 spiro atoms. The van der Waals surface area contributed by atoms with E-state index in [1.54, 1.807) is 0 Å². The molecule has 0 aliphatic heterocycles. The molecule has 128 valence electrons. The number of allylic oxidation sites excluding steroid dienone is 2. The Hall–Kier alpha value is -2.77. The quantitative estimate of drug-likeness (QED) is 0.361. The molecular weight excluding hydrogens is 344 g/mol. The fraction of sp³-hybridized carbons (Fsp3) is 0.0769. The van der Waals surface area contributed by atoms with Gasteiger partial charge in [0, 0.05) is 9.79 Å². The Bertz CT molecular complexity index is 1190. The van der Waals surface area contributed by atoms with Crippen molar-refractivity contribution in [1.82, 2.24) is 0 Å². The van der Waals surface area contributed by atoms with Crippen LogP contribution in [0.25, 0.3) is 33.7 Å². The lowest BCUT2D eigenvalue weighted by Crippen LogP contribution is -1.96. The zero-order valence-electron chi connectivity index (χ0n) is 14.9. The maximum Gasteiger partial charge on any atom is 0.0201 e. The first-order chi connectivity index (χ1) is 13.4. The van der Waals surface area contributed by atoms with Gasteiger partial charge in [0.15, 0.2) is 0 Å². The predicted octanol–water partition coefficient (Wildman–Crippen LogP) is 7.28. The minimum Gasteiger partial charge on any atom is -0.0888 e. The van der Waals surface area contributed by atoms with E-state index < -0.39 is 0 Å². The van der Waals surface area contributed by atoms with Crippen molar-refractivity contribution >= 4 is 45.5 Å². The summed E-state index contributed by atoms with van der Waals surface area (Å²) in [5.74, 6) is 0. The van der Waals surface area contributed by atoms with Crippen molar-refractivity contribution in [2.24, 2.45) is 0 Å². The normalized spacial score (nSPS) is 14.2. The highest BCUT2D eigenvalue weighted by atomic mass is 32.2. The van der Waals surface area contributed by atoms with Crippen molar-refractivity contribution in [3.8, 4) is 0 Å². The molecule has 0 N–H and O–H groups in total. The van der Waals surface area contributed by atoms with E-state index in [4.69, 9.17) is 0 Å². The van der Waals surface area contributed by atoms with Crippen LogP contribution >= 0.6 is 11.8 Å². The minimum atomic E-state index is 1.03. The van der Waals surface area contributed by atoms with Gasteiger partial charge in [-0.2, -0.15) is 0 Å². The van der Waals surface area contributed by atoms with Crippen LogP contribution in [0.2, 0.25) is 0 Å². The Kier molecular flexibility index (Phi) is 3.33. The average Bonchev–Trinajstić information content (AvgIpc) is 2.72. The van der Waals surface area contributed by atoms with E-state index in [9.17, 15) is 0 Å². The van der Waals surface area contributed by atoms with E-state index in [1.165, 1.54) is 53.6 Å². The van der Waals surface area contributed by atoms with Gasteiger partial charge >= 0.3 is 0 Å². The van der Waals surface area contributed by atoms with Crippen LogP contribution in [0.4, 0.5) is 0 Å². The fourth-order valence-corrected chi connectivity index (χ4v) is 5.58. The molecule has 4 aromatic rings. The van der Waals surface area contributed by atoms with Crippen LogP contribution in [0.3, 0.4) is 0 Å². The first-order valence-corrected chi connectivity index (χ1v) is 10.3. The third-order valence-electron chi connectivity index (χ3n) is 5.73. The van der Waals surface area contributed by atoms with E-state index in [-0.39, 0.29) is 0 Å². The molecule has 27 heavy (non-hydrogen) atoms. The lowest BCUT2D eigenvalue weighted by molar-refractivity contribution is 1.26. The summed E-state index contributed by atoms with van der Waals surface area (Å²) in [6.45, 7) is 0. The number of benzene rings is 4. The van der Waals surface area contributed by atoms with E-state index in [1.807, 2.05) is 11.8 Å². The summed E-state index contributed by atoms with van der Waals surface area (Å²) < 4.78 is 0. The molecule has 2 aliphatic carbocycles. The van der Waals surface area contributed by atoms with Crippen LogP contribution in [0.15, 0.2) is 82.6 Å². The molecule has 0 unspecified atom stereocenters. The highest BCUT2D eigenvalue weighted by Gasteiger charge is 2.16. The molecule has 0 saturated heterocycles. The van der Waals surface area contributed by atoms with Gasteiger partial charge in [0.1, 0.15) is 0 Å². The van der Waals surface area contributed by atoms with Crippen molar-refractivity contribution in [1.29, 1.82) is 0 Å². The van der Waals surface area contributed by atoms with Crippen molar-refractivity contribution in [3.05, 3.63) is 95.1 Å². The lowest BCUT2D eigenvalue weighted by Gasteiger charge is -2.19. The molecule has 6 rings (SSSR count). The lowest BCUT2D eigenvalue weighted by atomic mass is 9.93. The number of rotatable bonds is 2. The molecule has 0 bridgehead atoms. The number of hydrogen-bond donors (Lipinski definition) is 0. The van der Waals surface area contributed by atoms with Gasteiger partial charge in [-0.05, 0) is 68.8 Å². The van der Waals surface area contributed by atoms with Crippen LogP contribution in [0.1, 0.15) is 22.3 Å². The highest BCUT2D eigenvalue weighted by Crippen LogP contribution is 2.42. The van der Waals surface area contributed by atoms with Gasteiger partial charge in [-0.15, -0.1) is 0 Å². The Morgan fingerprint density at radius 3 is 1.59 bits per heavy atom. The van der Waals surface area contributed by atoms with Crippen molar-refractivity contribution in [2.75, 3.05) is 0 Å². The van der Waals surface area contributed by atoms with Crippen LogP contribution in [-0.2, 0) is 12.8 Å². The monoisotopic (exact) mass is 362 g/mol. The second kappa shape index (κ2) is 5.87. The van der Waals surface area contributed by atoms with Gasteiger partial charge in [0.05, 0.1) is 0 Å². The summed E-state index contributed by atoms with van der Waals surface area (Å²) >= 11 is 1.90. The van der Waals surface area contributed by atoms with Crippen molar-refractivity contribution < 1.29 is 0 Å². The minimum absolute atomic E-state index is 1.03. The fourth-order valence-electron chi connectivity index (χ4n) is 4.51. The predicted molar refractivity (Wildman–Crippen MR) is 117 cm³/mol. The summed E-state index contributed by atoms with van der Waals surface area (Å²) in [6.07, 6.45) is 11.3. The zero-order chi connectivity index (χ0) is 17.8. The van der Waals surface area contributed by atoms with E-state index >= 15 is 0 Å². The van der Waals surface area contributed by atoms with Gasteiger partial charge < -0.3 is 0 Å².